The number of rotatable bonds is 17. The molecule has 4 aliphatic carbocycles. The Bertz CT molecular complexity index is 2810. The van der Waals surface area contributed by atoms with Crippen LogP contribution in [0, 0.1) is 0 Å². The zero-order valence-electron chi connectivity index (χ0n) is 39.3. The van der Waals surface area contributed by atoms with E-state index >= 15 is 9.59 Å². The van der Waals surface area contributed by atoms with Crippen LogP contribution in [0.5, 0.6) is 0 Å². The van der Waals surface area contributed by atoms with E-state index in [9.17, 15) is 9.59 Å². The molecule has 2 saturated carbocycles. The molecule has 0 saturated heterocycles. The highest BCUT2D eigenvalue weighted by Gasteiger charge is 2.39. The van der Waals surface area contributed by atoms with Crippen LogP contribution in [0.2, 0.25) is 0 Å². The molecule has 6 aromatic rings. The van der Waals surface area contributed by atoms with Gasteiger partial charge in [-0.1, -0.05) is 173 Å². The van der Waals surface area contributed by atoms with Crippen LogP contribution >= 0.6 is 47.0 Å². The minimum atomic E-state index is -0.379. The highest BCUT2D eigenvalue weighted by atomic mass is 32.2. The smallest absolute Gasteiger partial charge is 0.232 e. The third-order valence-corrected chi connectivity index (χ3v) is 17.5. The molecule has 0 bridgehead atoms. The molecule has 0 spiro atoms. The van der Waals surface area contributed by atoms with Crippen LogP contribution in [0.3, 0.4) is 0 Å². The molecule has 2 aromatic heterocycles. The lowest BCUT2D eigenvalue weighted by Gasteiger charge is -2.27. The fraction of sp³-hybridized carbons (Fsp3) is 0.370. The van der Waals surface area contributed by atoms with E-state index in [2.05, 4.69) is 24.5 Å². The lowest BCUT2D eigenvalue weighted by atomic mass is 9.75. The molecule has 0 radical (unpaired) electrons. The fourth-order valence-electron chi connectivity index (χ4n) is 9.65. The summed E-state index contributed by atoms with van der Waals surface area (Å²) in [7, 11) is 0. The number of anilines is 4. The standard InChI is InChI=1S/C54H54N8O4S4/c1-3-5-29-67-51-57-49(59-53(61-51)69-31-17-9-7-10-18-31)55-39-27-25-33(41-43(39)47(65)37-23-15-13-21-35(37)45(41)63)34-26-28-40(44-42(34)46(64)36-22-14-16-24-38(36)48(44)66)56-50-58-52(68-30-6-4-2)62-54(60-50)70-32-19-11-8-12-20-32/h13-16,21-28,31-32H,3-12,17-20,29-30H2,1-2H3,(H,55,57,59,61)(H,56,58,60,62). The average Bonchev–Trinajstić information content (AvgIpc) is 3.38. The molecule has 70 heavy (non-hydrogen) atoms. The molecule has 16 heteroatoms. The van der Waals surface area contributed by atoms with E-state index in [-0.39, 0.29) is 79.5 Å². The highest BCUT2D eigenvalue weighted by molar-refractivity contribution is 8.00. The summed E-state index contributed by atoms with van der Waals surface area (Å²) in [6.07, 6.45) is 15.7. The molecule has 0 amide bonds. The summed E-state index contributed by atoms with van der Waals surface area (Å²) >= 11 is 6.49. The molecule has 2 heterocycles. The lowest BCUT2D eigenvalue weighted by molar-refractivity contribution is 0.0978. The topological polar surface area (TPSA) is 170 Å². The number of unbranched alkanes of at least 4 members (excludes halogenated alkanes) is 2. The number of aromatic nitrogens is 6. The second kappa shape index (κ2) is 21.9. The number of carbonyl (C=O) groups excluding carboxylic acids is 4. The first kappa shape index (κ1) is 48.2. The van der Waals surface area contributed by atoms with Crippen molar-refractivity contribution >= 4 is 93.5 Å². The van der Waals surface area contributed by atoms with Crippen LogP contribution in [-0.2, 0) is 0 Å². The number of thioether (sulfide) groups is 4. The maximum Gasteiger partial charge on any atom is 0.232 e. The number of benzene rings is 4. The van der Waals surface area contributed by atoms with Gasteiger partial charge in [-0.25, -0.2) is 0 Å². The van der Waals surface area contributed by atoms with Gasteiger partial charge in [0.05, 0.1) is 22.5 Å². The SMILES string of the molecule is CCCCSc1nc(Nc2ccc(-c3ccc(Nc4nc(SCCCC)nc(SC5CCCCC5)n4)c4c3C(=O)c3ccccc3C4=O)c3c2C(=O)c2ccccc2C3=O)nc(SC2CCCCC2)n1. The highest BCUT2D eigenvalue weighted by Crippen LogP contribution is 2.45. The molecule has 2 fully saturated rings. The number of carbonyl (C=O) groups is 4. The minimum Gasteiger partial charge on any atom is -0.323 e. The van der Waals surface area contributed by atoms with E-state index in [0.29, 0.717) is 53.6 Å². The van der Waals surface area contributed by atoms with Gasteiger partial charge in [-0.15, -0.1) is 0 Å². The Hall–Kier alpha value is -5.42. The zero-order chi connectivity index (χ0) is 48.1. The first-order chi connectivity index (χ1) is 34.3. The molecule has 358 valence electrons. The Labute approximate surface area is 425 Å². The first-order valence-electron chi connectivity index (χ1n) is 24.6. The summed E-state index contributed by atoms with van der Waals surface area (Å²) in [6.45, 7) is 4.30. The van der Waals surface area contributed by atoms with Crippen molar-refractivity contribution in [2.24, 2.45) is 0 Å². The van der Waals surface area contributed by atoms with E-state index < -0.39 is 0 Å². The Kier molecular flexibility index (Phi) is 15.1. The van der Waals surface area contributed by atoms with Gasteiger partial charge in [0.1, 0.15) is 0 Å². The maximum absolute atomic E-state index is 15.0. The van der Waals surface area contributed by atoms with Gasteiger partial charge >= 0.3 is 0 Å². The Morgan fingerprint density at radius 1 is 0.429 bits per heavy atom. The van der Waals surface area contributed by atoms with Crippen molar-refractivity contribution in [1.29, 1.82) is 0 Å². The molecule has 4 aliphatic rings. The molecule has 0 atom stereocenters. The van der Waals surface area contributed by atoms with Crippen molar-refractivity contribution in [3.8, 4) is 11.1 Å². The summed E-state index contributed by atoms with van der Waals surface area (Å²) in [4.78, 5) is 89.0. The van der Waals surface area contributed by atoms with Gasteiger partial charge in [-0.3, -0.25) is 19.2 Å². The first-order valence-corrected chi connectivity index (χ1v) is 28.4. The second-order valence-electron chi connectivity index (χ2n) is 18.1. The van der Waals surface area contributed by atoms with Crippen molar-refractivity contribution in [2.75, 3.05) is 22.1 Å². The van der Waals surface area contributed by atoms with E-state index in [1.807, 2.05) is 0 Å². The quantitative estimate of drug-likeness (QED) is 0.0652. The molecule has 0 unspecified atom stereocenters. The molecule has 4 aromatic carbocycles. The van der Waals surface area contributed by atoms with Crippen molar-refractivity contribution < 1.29 is 19.2 Å². The van der Waals surface area contributed by atoms with E-state index in [1.165, 1.54) is 38.5 Å². The Morgan fingerprint density at radius 2 is 0.786 bits per heavy atom. The lowest BCUT2D eigenvalue weighted by Crippen LogP contribution is -2.25. The molecule has 12 nitrogen and oxygen atoms in total. The molecule has 2 N–H and O–H groups in total. The van der Waals surface area contributed by atoms with Crippen LogP contribution in [0.25, 0.3) is 11.1 Å². The Morgan fingerprint density at radius 3 is 1.16 bits per heavy atom. The fourth-order valence-corrected chi connectivity index (χ4v) is 13.9. The average molecular weight is 1010 g/mol. The largest absolute Gasteiger partial charge is 0.323 e. The van der Waals surface area contributed by atoms with E-state index in [0.717, 1.165) is 62.9 Å². The second-order valence-corrected chi connectivity index (χ2v) is 22.7. The number of fused-ring (bicyclic) bond motifs is 4. The van der Waals surface area contributed by atoms with E-state index in [4.69, 9.17) is 29.9 Å². The number of nitrogens with one attached hydrogen (secondary N) is 2. The Balaban J connectivity index is 1.09. The molecular formula is C54H54N8O4S4. The van der Waals surface area contributed by atoms with Crippen LogP contribution in [0.15, 0.2) is 93.4 Å². The summed E-state index contributed by atoms with van der Waals surface area (Å²) in [5, 5.41) is 9.96. The summed E-state index contributed by atoms with van der Waals surface area (Å²) < 4.78 is 0. The van der Waals surface area contributed by atoms with Crippen LogP contribution in [0.1, 0.15) is 167 Å². The van der Waals surface area contributed by atoms with Gasteiger partial charge in [0.2, 0.25) is 11.9 Å². The summed E-state index contributed by atoms with van der Waals surface area (Å²) in [6, 6.07) is 20.6. The van der Waals surface area contributed by atoms with E-state index in [1.54, 1.807) is 120 Å². The van der Waals surface area contributed by atoms with Gasteiger partial charge in [0, 0.05) is 55.4 Å². The van der Waals surface area contributed by atoms with Gasteiger partial charge in [0.15, 0.2) is 43.8 Å². The van der Waals surface area contributed by atoms with Gasteiger partial charge < -0.3 is 10.6 Å². The predicted octanol–water partition coefficient (Wildman–Crippen LogP) is 13.4. The third kappa shape index (κ3) is 10.2. The summed E-state index contributed by atoms with van der Waals surface area (Å²) in [5.41, 5.74) is 2.94. The number of nitrogens with zero attached hydrogens (tertiary/aromatic N) is 6. The molecular weight excluding hydrogens is 953 g/mol. The third-order valence-electron chi connectivity index (χ3n) is 13.2. The van der Waals surface area contributed by atoms with Crippen molar-refractivity contribution in [3.63, 3.8) is 0 Å². The predicted molar refractivity (Wildman–Crippen MR) is 281 cm³/mol. The van der Waals surface area contributed by atoms with Crippen molar-refractivity contribution in [2.45, 2.75) is 135 Å². The van der Waals surface area contributed by atoms with Gasteiger partial charge in [-0.2, -0.15) is 29.9 Å². The minimum absolute atomic E-state index is 0.120. The van der Waals surface area contributed by atoms with Gasteiger partial charge in [0.25, 0.3) is 0 Å². The van der Waals surface area contributed by atoms with Gasteiger partial charge in [-0.05, 0) is 61.8 Å². The maximum atomic E-state index is 15.0. The van der Waals surface area contributed by atoms with Crippen LogP contribution in [-0.4, -0.2) is 75.0 Å². The number of ketones is 4. The molecule has 0 aliphatic heterocycles. The normalized spacial score (nSPS) is 15.9. The number of hydrogen-bond donors (Lipinski definition) is 2. The monoisotopic (exact) mass is 1010 g/mol. The summed E-state index contributed by atoms with van der Waals surface area (Å²) in [5.74, 6) is 0.771. The van der Waals surface area contributed by atoms with Crippen molar-refractivity contribution in [3.05, 3.63) is 117 Å². The zero-order valence-corrected chi connectivity index (χ0v) is 42.6. The van der Waals surface area contributed by atoms with Crippen molar-refractivity contribution in [1.82, 2.24) is 29.9 Å². The number of hydrogen-bond acceptors (Lipinski definition) is 16. The van der Waals surface area contributed by atoms with Crippen LogP contribution in [0.4, 0.5) is 23.3 Å². The van der Waals surface area contributed by atoms with Crippen LogP contribution < -0.4 is 10.6 Å². The molecule has 10 rings (SSSR count).